The number of hydrogen-bond acceptors (Lipinski definition) is 3. The van der Waals surface area contributed by atoms with Gasteiger partial charge in [0.05, 0.1) is 6.54 Å². The van der Waals surface area contributed by atoms with Gasteiger partial charge in [0.15, 0.2) is 5.96 Å². The Morgan fingerprint density at radius 2 is 1.83 bits per heavy atom. The lowest BCUT2D eigenvalue weighted by molar-refractivity contribution is -0.136. The molecule has 30 heavy (non-hydrogen) atoms. The van der Waals surface area contributed by atoms with Gasteiger partial charge in [0.1, 0.15) is 11.9 Å². The van der Waals surface area contributed by atoms with Crippen LogP contribution in [0.15, 0.2) is 29.3 Å². The maximum Gasteiger partial charge on any atom is 0.225 e. The average Bonchev–Trinajstić information content (AvgIpc) is 2.75. The van der Waals surface area contributed by atoms with E-state index in [1.54, 1.807) is 0 Å². The first-order valence-corrected chi connectivity index (χ1v) is 11.6. The number of carbonyl (C=O) groups is 1. The van der Waals surface area contributed by atoms with Crippen molar-refractivity contribution in [1.82, 2.24) is 15.5 Å². The molecule has 0 bridgehead atoms. The molecule has 1 amide bonds. The zero-order chi connectivity index (χ0) is 21.9. The van der Waals surface area contributed by atoms with E-state index >= 15 is 0 Å². The highest BCUT2D eigenvalue weighted by Crippen LogP contribution is 2.18. The Morgan fingerprint density at radius 1 is 1.20 bits per heavy atom. The minimum absolute atomic E-state index is 0.0545. The molecule has 1 fully saturated rings. The fourth-order valence-electron chi connectivity index (χ4n) is 3.66. The molecule has 0 aromatic heterocycles. The van der Waals surface area contributed by atoms with Crippen molar-refractivity contribution >= 4 is 23.5 Å². The molecular weight excluding hydrogens is 400 g/mol. The van der Waals surface area contributed by atoms with Crippen LogP contribution in [0, 0.1) is 5.92 Å². The van der Waals surface area contributed by atoms with E-state index < -0.39 is 0 Å². The first-order chi connectivity index (χ1) is 14.5. The van der Waals surface area contributed by atoms with E-state index in [9.17, 15) is 4.79 Å². The molecule has 1 aliphatic heterocycles. The van der Waals surface area contributed by atoms with Crippen molar-refractivity contribution in [2.45, 2.75) is 65.5 Å². The number of ether oxygens (including phenoxy) is 1. The van der Waals surface area contributed by atoms with Crippen molar-refractivity contribution in [2.75, 3.05) is 26.2 Å². The summed E-state index contributed by atoms with van der Waals surface area (Å²) in [4.78, 5) is 19.3. The van der Waals surface area contributed by atoms with Gasteiger partial charge in [-0.3, -0.25) is 4.79 Å². The number of nitrogens with one attached hydrogen (secondary N) is 2. The van der Waals surface area contributed by atoms with E-state index in [1.165, 1.54) is 0 Å². The Hall–Kier alpha value is -1.95. The number of rotatable bonds is 9. The third-order valence-corrected chi connectivity index (χ3v) is 5.74. The Kier molecular flexibility index (Phi) is 10.3. The van der Waals surface area contributed by atoms with Crippen molar-refractivity contribution in [1.29, 1.82) is 0 Å². The number of aliphatic imine (C=N–C) groups is 1. The van der Waals surface area contributed by atoms with E-state index in [0.717, 1.165) is 57.0 Å². The molecule has 2 N–H and O–H groups in total. The molecule has 0 radical (unpaired) electrons. The van der Waals surface area contributed by atoms with Crippen molar-refractivity contribution in [2.24, 2.45) is 10.9 Å². The minimum atomic E-state index is -0.0545. The van der Waals surface area contributed by atoms with Crippen LogP contribution in [0.1, 0.15) is 53.4 Å². The second-order valence-corrected chi connectivity index (χ2v) is 8.30. The van der Waals surface area contributed by atoms with Crippen LogP contribution >= 0.6 is 11.6 Å². The standard InChI is InChI=1S/C23H37ClN4O2/c1-5-18(6-2)22(29)28-14-12-20(13-15-28)27-23(25-7-3)26-16-17(4)30-21-10-8-19(24)9-11-21/h8-11,17-18,20H,5-7,12-16H2,1-4H3,(H2,25,26,27). The molecule has 0 aliphatic carbocycles. The molecule has 1 heterocycles. The van der Waals surface area contributed by atoms with Crippen LogP contribution in [0.4, 0.5) is 0 Å². The zero-order valence-corrected chi connectivity index (χ0v) is 19.5. The van der Waals surface area contributed by atoms with E-state index in [1.807, 2.05) is 36.1 Å². The number of carbonyl (C=O) groups excluding carboxylic acids is 1. The number of amides is 1. The third-order valence-electron chi connectivity index (χ3n) is 5.48. The van der Waals surface area contributed by atoms with Gasteiger partial charge in [-0.1, -0.05) is 25.4 Å². The number of nitrogens with zero attached hydrogens (tertiary/aromatic N) is 2. The Morgan fingerprint density at radius 3 is 2.40 bits per heavy atom. The van der Waals surface area contributed by atoms with Crippen LogP contribution in [0.5, 0.6) is 5.75 Å². The monoisotopic (exact) mass is 436 g/mol. The third kappa shape index (κ3) is 7.71. The maximum absolute atomic E-state index is 12.6. The summed E-state index contributed by atoms with van der Waals surface area (Å²) in [5.41, 5.74) is 0. The summed E-state index contributed by atoms with van der Waals surface area (Å²) in [6, 6.07) is 7.68. The van der Waals surface area contributed by atoms with E-state index in [-0.39, 0.29) is 12.0 Å². The van der Waals surface area contributed by atoms with Crippen molar-refractivity contribution in [3.8, 4) is 5.75 Å². The quantitative estimate of drug-likeness (QED) is 0.452. The molecule has 1 saturated heterocycles. The predicted octanol–water partition coefficient (Wildman–Crippen LogP) is 4.09. The fourth-order valence-corrected chi connectivity index (χ4v) is 3.78. The fraction of sp³-hybridized carbons (Fsp3) is 0.652. The van der Waals surface area contributed by atoms with Gasteiger partial charge >= 0.3 is 0 Å². The van der Waals surface area contributed by atoms with Gasteiger partial charge in [-0.15, -0.1) is 0 Å². The van der Waals surface area contributed by atoms with Crippen molar-refractivity contribution < 1.29 is 9.53 Å². The summed E-state index contributed by atoms with van der Waals surface area (Å²) in [6.45, 7) is 11.2. The van der Waals surface area contributed by atoms with Crippen LogP contribution in [-0.2, 0) is 4.79 Å². The number of likely N-dealkylation sites (tertiary alicyclic amines) is 1. The maximum atomic E-state index is 12.6. The first kappa shape index (κ1) is 24.3. The van der Waals surface area contributed by atoms with Gasteiger partial charge in [-0.05, 0) is 63.8 Å². The molecular formula is C23H37ClN4O2. The highest BCUT2D eigenvalue weighted by molar-refractivity contribution is 6.30. The molecule has 2 rings (SSSR count). The summed E-state index contributed by atoms with van der Waals surface area (Å²) in [6.07, 6.45) is 3.66. The largest absolute Gasteiger partial charge is 0.489 e. The lowest BCUT2D eigenvalue weighted by Gasteiger charge is -2.35. The second-order valence-electron chi connectivity index (χ2n) is 7.86. The zero-order valence-electron chi connectivity index (χ0n) is 18.8. The van der Waals surface area contributed by atoms with Crippen LogP contribution in [0.2, 0.25) is 5.02 Å². The molecule has 1 atom stereocenters. The SMILES string of the molecule is CCNC(=NCC(C)Oc1ccc(Cl)cc1)NC1CCN(C(=O)C(CC)CC)CC1. The van der Waals surface area contributed by atoms with Gasteiger partial charge in [-0.2, -0.15) is 0 Å². The number of benzene rings is 1. The molecule has 6 nitrogen and oxygen atoms in total. The van der Waals surface area contributed by atoms with E-state index in [4.69, 9.17) is 21.3 Å². The number of piperidine rings is 1. The Balaban J connectivity index is 1.83. The molecule has 1 unspecified atom stereocenters. The lowest BCUT2D eigenvalue weighted by atomic mass is 9.98. The smallest absolute Gasteiger partial charge is 0.225 e. The van der Waals surface area contributed by atoms with Gasteiger partial charge in [0.25, 0.3) is 0 Å². The summed E-state index contributed by atoms with van der Waals surface area (Å²) in [7, 11) is 0. The lowest BCUT2D eigenvalue weighted by Crippen LogP contribution is -2.50. The van der Waals surface area contributed by atoms with Gasteiger partial charge in [0, 0.05) is 36.6 Å². The molecule has 1 aliphatic rings. The molecule has 1 aromatic rings. The van der Waals surface area contributed by atoms with Crippen LogP contribution in [-0.4, -0.2) is 55.1 Å². The van der Waals surface area contributed by atoms with Gasteiger partial charge in [-0.25, -0.2) is 4.99 Å². The highest BCUT2D eigenvalue weighted by Gasteiger charge is 2.26. The Labute approximate surface area is 186 Å². The van der Waals surface area contributed by atoms with Crippen LogP contribution in [0.3, 0.4) is 0 Å². The summed E-state index contributed by atoms with van der Waals surface area (Å²) in [5.74, 6) is 2.06. The molecule has 1 aromatic carbocycles. The topological polar surface area (TPSA) is 66.0 Å². The minimum Gasteiger partial charge on any atom is -0.489 e. The normalized spacial score (nSPS) is 16.5. The van der Waals surface area contributed by atoms with Crippen LogP contribution in [0.25, 0.3) is 0 Å². The number of guanidine groups is 1. The molecule has 0 saturated carbocycles. The van der Waals surface area contributed by atoms with Gasteiger partial charge < -0.3 is 20.3 Å². The first-order valence-electron chi connectivity index (χ1n) is 11.2. The summed E-state index contributed by atoms with van der Waals surface area (Å²) in [5, 5.41) is 7.53. The summed E-state index contributed by atoms with van der Waals surface area (Å²) < 4.78 is 5.91. The van der Waals surface area contributed by atoms with Crippen molar-refractivity contribution in [3.05, 3.63) is 29.3 Å². The van der Waals surface area contributed by atoms with Gasteiger partial charge in [0.2, 0.25) is 5.91 Å². The highest BCUT2D eigenvalue weighted by atomic mass is 35.5. The molecule has 7 heteroatoms. The van der Waals surface area contributed by atoms with Crippen molar-refractivity contribution in [3.63, 3.8) is 0 Å². The molecule has 0 spiro atoms. The van der Waals surface area contributed by atoms with E-state index in [2.05, 4.69) is 31.4 Å². The number of hydrogen-bond donors (Lipinski definition) is 2. The molecule has 168 valence electrons. The van der Waals surface area contributed by atoms with E-state index in [0.29, 0.717) is 23.5 Å². The summed E-state index contributed by atoms with van der Waals surface area (Å²) >= 11 is 5.92. The average molecular weight is 437 g/mol. The second kappa shape index (κ2) is 12.7. The Bertz CT molecular complexity index is 668. The van der Waals surface area contributed by atoms with Crippen LogP contribution < -0.4 is 15.4 Å². The number of halogens is 1. The predicted molar refractivity (Wildman–Crippen MR) is 124 cm³/mol.